The predicted molar refractivity (Wildman–Crippen MR) is 47.6 cm³/mol. The second kappa shape index (κ2) is 3.42. The molecule has 2 heterocycles. The maximum atomic E-state index is 4.07. The normalized spacial score (nSPS) is 16.7. The third-order valence-corrected chi connectivity index (χ3v) is 1.97. The standard InChI is InChI=1S/C7H10N6/c1-2-6-3-4-7(10-9-6)13-5-8-11-12-13/h5H,2-4H2,1H3. The molecule has 0 atom stereocenters. The van der Waals surface area contributed by atoms with Crippen molar-refractivity contribution in [3.8, 4) is 0 Å². The van der Waals surface area contributed by atoms with Crippen molar-refractivity contribution < 1.29 is 0 Å². The Bertz CT molecular complexity index is 336. The predicted octanol–water partition coefficient (Wildman–Crippen LogP) is 0.479. The van der Waals surface area contributed by atoms with E-state index >= 15 is 0 Å². The van der Waals surface area contributed by atoms with Gasteiger partial charge in [-0.25, -0.2) is 0 Å². The molecule has 13 heavy (non-hydrogen) atoms. The molecule has 0 N–H and O–H groups in total. The zero-order valence-electron chi connectivity index (χ0n) is 7.38. The van der Waals surface area contributed by atoms with Gasteiger partial charge in [-0.15, -0.1) is 10.2 Å². The molecule has 0 aliphatic carbocycles. The van der Waals surface area contributed by atoms with E-state index in [2.05, 4.69) is 32.7 Å². The molecule has 6 heteroatoms. The Morgan fingerprint density at radius 3 is 2.85 bits per heavy atom. The first kappa shape index (κ1) is 8.03. The van der Waals surface area contributed by atoms with Crippen LogP contribution in [0.2, 0.25) is 0 Å². The highest BCUT2D eigenvalue weighted by molar-refractivity contribution is 5.94. The molecule has 1 aliphatic rings. The molecule has 1 aromatic rings. The molecule has 2 rings (SSSR count). The third kappa shape index (κ3) is 1.61. The van der Waals surface area contributed by atoms with Gasteiger partial charge in [0.05, 0.1) is 0 Å². The summed E-state index contributed by atoms with van der Waals surface area (Å²) >= 11 is 0. The molecular formula is C7H10N6. The average molecular weight is 178 g/mol. The van der Waals surface area contributed by atoms with Crippen LogP contribution >= 0.6 is 0 Å². The van der Waals surface area contributed by atoms with Crippen molar-refractivity contribution in [1.29, 1.82) is 0 Å². The molecule has 0 aromatic carbocycles. The van der Waals surface area contributed by atoms with Crippen molar-refractivity contribution in [1.82, 2.24) is 20.2 Å². The Morgan fingerprint density at radius 1 is 1.38 bits per heavy atom. The van der Waals surface area contributed by atoms with Crippen LogP contribution < -0.4 is 0 Å². The van der Waals surface area contributed by atoms with E-state index in [0.29, 0.717) is 0 Å². The van der Waals surface area contributed by atoms with E-state index in [-0.39, 0.29) is 0 Å². The van der Waals surface area contributed by atoms with Gasteiger partial charge in [0.15, 0.2) is 5.84 Å². The number of aromatic nitrogens is 4. The Balaban J connectivity index is 2.20. The number of hydrogen-bond donors (Lipinski definition) is 0. The highest BCUT2D eigenvalue weighted by Crippen LogP contribution is 2.07. The molecule has 1 aromatic heterocycles. The molecular weight excluding hydrogens is 168 g/mol. The van der Waals surface area contributed by atoms with Crippen molar-refractivity contribution in [3.05, 3.63) is 6.33 Å². The van der Waals surface area contributed by atoms with Crippen LogP contribution in [0.15, 0.2) is 16.5 Å². The molecule has 0 bridgehead atoms. The summed E-state index contributed by atoms with van der Waals surface area (Å²) in [5, 5.41) is 18.9. The summed E-state index contributed by atoms with van der Waals surface area (Å²) in [5.41, 5.74) is 1.14. The molecule has 0 saturated carbocycles. The van der Waals surface area contributed by atoms with Gasteiger partial charge in [-0.1, -0.05) is 6.92 Å². The van der Waals surface area contributed by atoms with Crippen LogP contribution in [0.4, 0.5) is 0 Å². The largest absolute Gasteiger partial charge is 0.184 e. The summed E-state index contributed by atoms with van der Waals surface area (Å²) in [6.07, 6.45) is 4.31. The molecule has 0 amide bonds. The molecule has 1 aliphatic heterocycles. The van der Waals surface area contributed by atoms with E-state index in [4.69, 9.17) is 0 Å². The first-order valence-electron chi connectivity index (χ1n) is 4.25. The van der Waals surface area contributed by atoms with Gasteiger partial charge < -0.3 is 0 Å². The summed E-state index contributed by atoms with van der Waals surface area (Å²) in [6, 6.07) is 0. The minimum Gasteiger partial charge on any atom is -0.184 e. The van der Waals surface area contributed by atoms with E-state index in [0.717, 1.165) is 30.8 Å². The maximum absolute atomic E-state index is 4.07. The minimum absolute atomic E-state index is 0.808. The number of hydrogen-bond acceptors (Lipinski definition) is 5. The van der Waals surface area contributed by atoms with Gasteiger partial charge in [-0.2, -0.15) is 9.78 Å². The fourth-order valence-electron chi connectivity index (χ4n) is 1.17. The van der Waals surface area contributed by atoms with Crippen molar-refractivity contribution in [2.24, 2.45) is 10.2 Å². The quantitative estimate of drug-likeness (QED) is 0.628. The van der Waals surface area contributed by atoms with Crippen LogP contribution in [-0.4, -0.2) is 31.8 Å². The lowest BCUT2D eigenvalue weighted by Gasteiger charge is -2.08. The van der Waals surface area contributed by atoms with Gasteiger partial charge in [0.2, 0.25) is 0 Å². The fraction of sp³-hybridized carbons (Fsp3) is 0.571. The van der Waals surface area contributed by atoms with Crippen LogP contribution in [0.3, 0.4) is 0 Å². The molecule has 0 unspecified atom stereocenters. The molecule has 0 radical (unpaired) electrons. The van der Waals surface area contributed by atoms with Crippen LogP contribution in [0, 0.1) is 0 Å². The highest BCUT2D eigenvalue weighted by atomic mass is 15.5. The average Bonchev–Trinajstić information content (AvgIpc) is 2.71. The topological polar surface area (TPSA) is 68.3 Å². The smallest absolute Gasteiger partial charge is 0.156 e. The number of rotatable bonds is 1. The van der Waals surface area contributed by atoms with E-state index in [9.17, 15) is 0 Å². The lowest BCUT2D eigenvalue weighted by Crippen LogP contribution is -2.17. The zero-order valence-corrected chi connectivity index (χ0v) is 7.38. The van der Waals surface area contributed by atoms with Gasteiger partial charge in [0.1, 0.15) is 6.33 Å². The lowest BCUT2D eigenvalue weighted by molar-refractivity contribution is 0.789. The van der Waals surface area contributed by atoms with E-state index in [1.54, 1.807) is 4.68 Å². The van der Waals surface area contributed by atoms with Crippen LogP contribution in [0.25, 0.3) is 0 Å². The fourth-order valence-corrected chi connectivity index (χ4v) is 1.17. The van der Waals surface area contributed by atoms with Gasteiger partial charge in [0, 0.05) is 12.1 Å². The summed E-state index contributed by atoms with van der Waals surface area (Å²) in [5.74, 6) is 0.808. The highest BCUT2D eigenvalue weighted by Gasteiger charge is 2.10. The van der Waals surface area contributed by atoms with Crippen molar-refractivity contribution in [3.63, 3.8) is 0 Å². The van der Waals surface area contributed by atoms with Gasteiger partial charge in [-0.05, 0) is 23.3 Å². The van der Waals surface area contributed by atoms with E-state index in [1.165, 1.54) is 6.33 Å². The molecule has 0 saturated heterocycles. The minimum atomic E-state index is 0.808. The summed E-state index contributed by atoms with van der Waals surface area (Å²) in [4.78, 5) is 0. The Labute approximate surface area is 75.4 Å². The first-order valence-corrected chi connectivity index (χ1v) is 4.25. The second-order valence-electron chi connectivity index (χ2n) is 2.79. The number of nitrogens with zero attached hydrogens (tertiary/aromatic N) is 6. The van der Waals surface area contributed by atoms with Gasteiger partial charge >= 0.3 is 0 Å². The SMILES string of the molecule is CCC1=NN=C(n2cnnn2)CC1. The zero-order chi connectivity index (χ0) is 9.10. The third-order valence-electron chi connectivity index (χ3n) is 1.97. The molecule has 0 spiro atoms. The summed E-state index contributed by atoms with van der Waals surface area (Å²) < 4.78 is 1.55. The van der Waals surface area contributed by atoms with Crippen LogP contribution in [0.1, 0.15) is 26.2 Å². The monoisotopic (exact) mass is 178 g/mol. The second-order valence-corrected chi connectivity index (χ2v) is 2.79. The van der Waals surface area contributed by atoms with E-state index in [1.807, 2.05) is 0 Å². The van der Waals surface area contributed by atoms with Crippen molar-refractivity contribution in [2.45, 2.75) is 26.2 Å². The summed E-state index contributed by atoms with van der Waals surface area (Å²) in [7, 11) is 0. The molecule has 0 fully saturated rings. The Morgan fingerprint density at radius 2 is 2.31 bits per heavy atom. The molecule has 6 nitrogen and oxygen atoms in total. The van der Waals surface area contributed by atoms with Crippen molar-refractivity contribution >= 4 is 11.5 Å². The number of tetrazole rings is 1. The maximum Gasteiger partial charge on any atom is 0.156 e. The summed E-state index contributed by atoms with van der Waals surface area (Å²) in [6.45, 7) is 2.08. The Hall–Kier alpha value is -1.59. The van der Waals surface area contributed by atoms with Gasteiger partial charge in [0.25, 0.3) is 0 Å². The van der Waals surface area contributed by atoms with Crippen LogP contribution in [-0.2, 0) is 0 Å². The lowest BCUT2D eigenvalue weighted by atomic mass is 10.1. The molecule has 68 valence electrons. The van der Waals surface area contributed by atoms with E-state index < -0.39 is 0 Å². The van der Waals surface area contributed by atoms with Gasteiger partial charge in [-0.3, -0.25) is 0 Å². The first-order chi connectivity index (χ1) is 6.40. The Kier molecular flexibility index (Phi) is 2.11. The van der Waals surface area contributed by atoms with Crippen molar-refractivity contribution in [2.75, 3.05) is 0 Å². The van der Waals surface area contributed by atoms with Crippen LogP contribution in [0.5, 0.6) is 0 Å².